The highest BCUT2D eigenvalue weighted by Gasteiger charge is 2.35. The maximum Gasteiger partial charge on any atom is 0.136 e. The lowest BCUT2D eigenvalue weighted by Crippen LogP contribution is -2.53. The summed E-state index contributed by atoms with van der Waals surface area (Å²) in [7, 11) is 0. The molecule has 5 heteroatoms. The van der Waals surface area contributed by atoms with Gasteiger partial charge >= 0.3 is 0 Å². The molecule has 0 spiro atoms. The van der Waals surface area contributed by atoms with Crippen LogP contribution >= 0.6 is 0 Å². The number of nitrogens with one attached hydrogen (secondary N) is 1. The van der Waals surface area contributed by atoms with Crippen LogP contribution in [0.15, 0.2) is 0 Å². The van der Waals surface area contributed by atoms with Gasteiger partial charge in [-0.2, -0.15) is 0 Å². The fraction of sp³-hybridized carbons (Fsp3) is 1.00. The first-order valence-corrected chi connectivity index (χ1v) is 5.97. The Balaban J connectivity index is 2.39. The van der Waals surface area contributed by atoms with Crippen LogP contribution in [0.25, 0.3) is 0 Å². The third-order valence-electron chi connectivity index (χ3n) is 2.24. The maximum atomic E-state index is 11.7. The van der Waals surface area contributed by atoms with Gasteiger partial charge in [-0.05, 0) is 20.8 Å². The molecule has 2 N–H and O–H groups in total. The van der Waals surface area contributed by atoms with Crippen LogP contribution in [0.5, 0.6) is 0 Å². The van der Waals surface area contributed by atoms with Gasteiger partial charge < -0.3 is 14.4 Å². The molecule has 1 heterocycles. The normalized spacial score (nSPS) is 22.9. The monoisotopic (exact) mass is 221 g/mol. The minimum Gasteiger partial charge on any atom is -0.598 e. The zero-order valence-corrected chi connectivity index (χ0v) is 9.76. The molecular weight excluding hydrogens is 202 g/mol. The van der Waals surface area contributed by atoms with Gasteiger partial charge in [-0.25, -0.2) is 0 Å². The van der Waals surface area contributed by atoms with Gasteiger partial charge in [0.25, 0.3) is 0 Å². The lowest BCUT2D eigenvalue weighted by molar-refractivity contribution is -0.0538. The van der Waals surface area contributed by atoms with E-state index in [1.54, 1.807) is 0 Å². The van der Waals surface area contributed by atoms with Crippen molar-refractivity contribution in [1.29, 1.82) is 0 Å². The van der Waals surface area contributed by atoms with E-state index in [2.05, 4.69) is 4.72 Å². The summed E-state index contributed by atoms with van der Waals surface area (Å²) in [6.45, 7) is 7.03. The Bertz CT molecular complexity index is 179. The summed E-state index contributed by atoms with van der Waals surface area (Å²) in [5.74, 6) is 0.297. The van der Waals surface area contributed by atoms with Crippen molar-refractivity contribution in [2.75, 3.05) is 19.8 Å². The number of rotatable bonds is 4. The molecule has 4 nitrogen and oxygen atoms in total. The van der Waals surface area contributed by atoms with E-state index in [4.69, 9.17) is 9.84 Å². The third kappa shape index (κ3) is 3.10. The maximum absolute atomic E-state index is 11.7. The van der Waals surface area contributed by atoms with Crippen molar-refractivity contribution in [2.45, 2.75) is 31.6 Å². The summed E-state index contributed by atoms with van der Waals surface area (Å²) in [6, 6.07) is -0.108. The first kappa shape index (κ1) is 12.3. The van der Waals surface area contributed by atoms with E-state index in [0.717, 1.165) is 0 Å². The second-order valence-electron chi connectivity index (χ2n) is 4.59. The summed E-state index contributed by atoms with van der Waals surface area (Å²) in [4.78, 5) is 0. The van der Waals surface area contributed by atoms with Gasteiger partial charge in [-0.15, -0.1) is 4.72 Å². The van der Waals surface area contributed by atoms with Crippen molar-refractivity contribution in [3.05, 3.63) is 0 Å². The minimum atomic E-state index is -1.12. The van der Waals surface area contributed by atoms with Gasteiger partial charge in [0.1, 0.15) is 4.75 Å². The molecule has 0 aromatic heterocycles. The minimum absolute atomic E-state index is 0.00977. The Morgan fingerprint density at radius 2 is 2.14 bits per heavy atom. The van der Waals surface area contributed by atoms with Crippen LogP contribution in [0.2, 0.25) is 0 Å². The number of hydrogen-bond donors (Lipinski definition) is 2. The van der Waals surface area contributed by atoms with E-state index < -0.39 is 11.4 Å². The highest BCUT2D eigenvalue weighted by molar-refractivity contribution is 7.90. The summed E-state index contributed by atoms with van der Waals surface area (Å²) < 4.78 is 19.4. The lowest BCUT2D eigenvalue weighted by atomic mass is 10.00. The van der Waals surface area contributed by atoms with Crippen LogP contribution < -0.4 is 4.72 Å². The molecule has 14 heavy (non-hydrogen) atoms. The van der Waals surface area contributed by atoms with Crippen LogP contribution in [0.3, 0.4) is 0 Å². The molecule has 1 aliphatic heterocycles. The van der Waals surface area contributed by atoms with Crippen molar-refractivity contribution in [3.63, 3.8) is 0 Å². The Kier molecular flexibility index (Phi) is 4.21. The van der Waals surface area contributed by atoms with E-state index in [9.17, 15) is 4.55 Å². The van der Waals surface area contributed by atoms with Crippen molar-refractivity contribution in [3.8, 4) is 0 Å². The second kappa shape index (κ2) is 4.81. The molecule has 0 aromatic rings. The van der Waals surface area contributed by atoms with Gasteiger partial charge in [0.15, 0.2) is 0 Å². The molecule has 0 amide bonds. The van der Waals surface area contributed by atoms with Crippen molar-refractivity contribution in [1.82, 2.24) is 4.72 Å². The molecule has 0 aromatic carbocycles. The molecule has 1 rings (SSSR count). The van der Waals surface area contributed by atoms with Gasteiger partial charge in [0, 0.05) is 17.3 Å². The van der Waals surface area contributed by atoms with E-state index in [0.29, 0.717) is 19.1 Å². The van der Waals surface area contributed by atoms with Crippen LogP contribution in [0.4, 0.5) is 0 Å². The Morgan fingerprint density at radius 3 is 2.43 bits per heavy atom. The van der Waals surface area contributed by atoms with Gasteiger partial charge in [0.2, 0.25) is 0 Å². The number of hydrogen-bond acceptors (Lipinski definition) is 4. The lowest BCUT2D eigenvalue weighted by Gasteiger charge is -2.35. The molecule has 0 bridgehead atoms. The van der Waals surface area contributed by atoms with E-state index >= 15 is 0 Å². The van der Waals surface area contributed by atoms with Crippen LogP contribution in [0, 0.1) is 5.92 Å². The van der Waals surface area contributed by atoms with Gasteiger partial charge in [0.05, 0.1) is 25.9 Å². The summed E-state index contributed by atoms with van der Waals surface area (Å²) in [5.41, 5.74) is 0. The van der Waals surface area contributed by atoms with E-state index in [1.165, 1.54) is 0 Å². The average molecular weight is 221 g/mol. The Labute approximate surface area is 88.3 Å². The molecule has 84 valence electrons. The fourth-order valence-corrected chi connectivity index (χ4v) is 1.98. The highest BCUT2D eigenvalue weighted by Crippen LogP contribution is 2.19. The predicted octanol–water partition coefficient (Wildman–Crippen LogP) is 0.0455. The zero-order valence-electron chi connectivity index (χ0n) is 8.95. The van der Waals surface area contributed by atoms with Crippen molar-refractivity contribution < 1.29 is 14.4 Å². The molecule has 0 radical (unpaired) electrons. The fourth-order valence-electron chi connectivity index (χ4n) is 1.08. The van der Waals surface area contributed by atoms with Crippen LogP contribution in [0.1, 0.15) is 20.8 Å². The van der Waals surface area contributed by atoms with E-state index in [1.807, 2.05) is 20.8 Å². The number of aliphatic hydroxyl groups excluding tert-OH is 1. The van der Waals surface area contributed by atoms with Crippen molar-refractivity contribution >= 4 is 11.4 Å². The third-order valence-corrected chi connectivity index (χ3v) is 3.87. The molecule has 0 saturated carbocycles. The number of ether oxygens (including phenoxy) is 1. The molecule has 1 fully saturated rings. The molecule has 2 atom stereocenters. The largest absolute Gasteiger partial charge is 0.598 e. The molecule has 0 aliphatic carbocycles. The topological polar surface area (TPSA) is 64.5 Å². The van der Waals surface area contributed by atoms with Crippen LogP contribution in [-0.2, 0) is 16.1 Å². The quantitative estimate of drug-likeness (QED) is 0.658. The smallest absolute Gasteiger partial charge is 0.136 e. The Hall–Kier alpha value is 0.190. The SMILES string of the molecule is CC(C)(C)[S@+]([O-])N[C@H](CO)C1COC1. The highest BCUT2D eigenvalue weighted by atomic mass is 32.2. The standard InChI is InChI=1S/C9H19NO3S/c1-9(2,3)14(12)10-8(4-11)7-5-13-6-7/h7-8,10-11H,4-6H2,1-3H3/t8-,14+/m1/s1. The predicted molar refractivity (Wildman–Crippen MR) is 56.2 cm³/mol. The summed E-state index contributed by atoms with van der Waals surface area (Å²) in [5, 5.41) is 9.12. The first-order chi connectivity index (χ1) is 6.45. The zero-order chi connectivity index (χ0) is 10.8. The number of aliphatic hydroxyl groups is 1. The molecule has 0 unspecified atom stereocenters. The first-order valence-electron chi connectivity index (χ1n) is 4.82. The van der Waals surface area contributed by atoms with Gasteiger partial charge in [-0.3, -0.25) is 0 Å². The second-order valence-corrected chi connectivity index (χ2v) is 6.58. The average Bonchev–Trinajstić information content (AvgIpc) is 1.97. The summed E-state index contributed by atoms with van der Waals surface area (Å²) in [6.07, 6.45) is 0. The van der Waals surface area contributed by atoms with Crippen molar-refractivity contribution in [2.24, 2.45) is 5.92 Å². The summed E-state index contributed by atoms with van der Waals surface area (Å²) >= 11 is -1.12. The Morgan fingerprint density at radius 1 is 1.57 bits per heavy atom. The molecular formula is C9H19NO3S. The van der Waals surface area contributed by atoms with Crippen LogP contribution in [-0.4, -0.2) is 40.3 Å². The van der Waals surface area contributed by atoms with Gasteiger partial charge in [-0.1, -0.05) is 0 Å². The van der Waals surface area contributed by atoms with E-state index in [-0.39, 0.29) is 17.4 Å². The molecule has 1 aliphatic rings. The molecule has 1 saturated heterocycles.